The van der Waals surface area contributed by atoms with Crippen molar-refractivity contribution in [1.29, 1.82) is 0 Å². The minimum atomic E-state index is -0.458. The molecule has 7 aromatic rings. The van der Waals surface area contributed by atoms with Gasteiger partial charge in [0.2, 0.25) is 0 Å². The molecule has 4 heteroatoms. The van der Waals surface area contributed by atoms with Gasteiger partial charge in [-0.1, -0.05) is 96.7 Å². The van der Waals surface area contributed by atoms with E-state index in [9.17, 15) is 4.79 Å². The van der Waals surface area contributed by atoms with Crippen molar-refractivity contribution >= 4 is 60.3 Å². The SMILES string of the molecule is O=c1c2ccccc2sc2cc(N3c4ccccc4C4(c5ccccc5Sc5ccccc54)c4ccccc43)ccc12. The molecule has 1 spiro atoms. The fraction of sp³-hybridized carbons (Fsp3) is 0.0263. The van der Waals surface area contributed by atoms with E-state index in [0.717, 1.165) is 37.2 Å². The predicted molar refractivity (Wildman–Crippen MR) is 176 cm³/mol. The molecule has 2 nitrogen and oxygen atoms in total. The zero-order valence-corrected chi connectivity index (χ0v) is 24.1. The molecule has 198 valence electrons. The summed E-state index contributed by atoms with van der Waals surface area (Å²) >= 11 is 3.54. The molecule has 1 aromatic heterocycles. The van der Waals surface area contributed by atoms with Gasteiger partial charge in [-0.15, -0.1) is 11.3 Å². The maximum absolute atomic E-state index is 13.4. The molecule has 0 bridgehead atoms. The summed E-state index contributed by atoms with van der Waals surface area (Å²) in [5, 5.41) is 1.55. The molecule has 0 unspecified atom stereocenters. The van der Waals surface area contributed by atoms with Crippen molar-refractivity contribution in [2.45, 2.75) is 15.2 Å². The normalized spacial score (nSPS) is 14.3. The molecule has 0 atom stereocenters. The Morgan fingerprint density at radius 2 is 1.02 bits per heavy atom. The zero-order valence-electron chi connectivity index (χ0n) is 22.5. The van der Waals surface area contributed by atoms with Crippen LogP contribution in [0.3, 0.4) is 0 Å². The van der Waals surface area contributed by atoms with Crippen LogP contribution in [0.25, 0.3) is 20.2 Å². The lowest BCUT2D eigenvalue weighted by molar-refractivity contribution is 0.692. The summed E-state index contributed by atoms with van der Waals surface area (Å²) in [7, 11) is 0. The van der Waals surface area contributed by atoms with Crippen molar-refractivity contribution < 1.29 is 0 Å². The minimum absolute atomic E-state index is 0.0946. The first-order valence-corrected chi connectivity index (χ1v) is 15.7. The predicted octanol–water partition coefficient (Wildman–Crippen LogP) is 10.0. The Morgan fingerprint density at radius 1 is 0.500 bits per heavy atom. The number of hydrogen-bond donors (Lipinski definition) is 0. The summed E-state index contributed by atoms with van der Waals surface area (Å²) in [6.45, 7) is 0. The molecule has 0 N–H and O–H groups in total. The lowest BCUT2D eigenvalue weighted by Gasteiger charge is -2.49. The second-order valence-corrected chi connectivity index (χ2v) is 13.0. The Balaban J connectivity index is 1.37. The molecule has 6 aromatic carbocycles. The number of hydrogen-bond acceptors (Lipinski definition) is 4. The van der Waals surface area contributed by atoms with E-state index in [1.54, 1.807) is 11.3 Å². The fourth-order valence-corrected chi connectivity index (χ4v) is 9.33. The quantitative estimate of drug-likeness (QED) is 0.182. The molecule has 3 heterocycles. The largest absolute Gasteiger partial charge is 0.310 e. The van der Waals surface area contributed by atoms with Crippen molar-refractivity contribution in [3.8, 4) is 0 Å². The Bertz CT molecular complexity index is 2190. The van der Waals surface area contributed by atoms with Crippen LogP contribution in [0.15, 0.2) is 154 Å². The number of anilines is 3. The summed E-state index contributed by atoms with van der Waals surface area (Å²) in [6, 6.07) is 49.6. The molecule has 2 aliphatic heterocycles. The van der Waals surface area contributed by atoms with Gasteiger partial charge in [-0.3, -0.25) is 4.79 Å². The van der Waals surface area contributed by atoms with Crippen molar-refractivity contribution in [2.24, 2.45) is 0 Å². The molecule has 9 rings (SSSR count). The van der Waals surface area contributed by atoms with Gasteiger partial charge in [0.25, 0.3) is 0 Å². The molecule has 2 aliphatic rings. The first kappa shape index (κ1) is 24.0. The highest BCUT2D eigenvalue weighted by Gasteiger charge is 2.50. The van der Waals surface area contributed by atoms with E-state index in [1.807, 2.05) is 42.1 Å². The second kappa shape index (κ2) is 8.93. The van der Waals surface area contributed by atoms with Gasteiger partial charge >= 0.3 is 0 Å². The minimum Gasteiger partial charge on any atom is -0.310 e. The number of rotatable bonds is 1. The molecule has 0 saturated carbocycles. The van der Waals surface area contributed by atoms with Crippen molar-refractivity contribution in [3.63, 3.8) is 0 Å². The van der Waals surface area contributed by atoms with Gasteiger partial charge in [-0.05, 0) is 76.9 Å². The van der Waals surface area contributed by atoms with Gasteiger partial charge in [0.05, 0.1) is 16.8 Å². The third-order valence-corrected chi connectivity index (χ3v) is 11.0. The fourth-order valence-electron chi connectivity index (χ4n) is 7.03. The Kier molecular flexibility index (Phi) is 5.10. The van der Waals surface area contributed by atoms with E-state index < -0.39 is 5.41 Å². The Morgan fingerprint density at radius 3 is 1.69 bits per heavy atom. The van der Waals surface area contributed by atoms with Gasteiger partial charge in [-0.25, -0.2) is 0 Å². The van der Waals surface area contributed by atoms with Crippen LogP contribution in [0.4, 0.5) is 17.1 Å². The van der Waals surface area contributed by atoms with E-state index in [0.29, 0.717) is 0 Å². The summed E-state index contributed by atoms with van der Waals surface area (Å²) in [6.07, 6.45) is 0. The van der Waals surface area contributed by atoms with Crippen LogP contribution in [0.1, 0.15) is 22.3 Å². The zero-order chi connectivity index (χ0) is 27.8. The monoisotopic (exact) mass is 573 g/mol. The number of benzene rings is 6. The van der Waals surface area contributed by atoms with Crippen LogP contribution in [0.5, 0.6) is 0 Å². The lowest BCUT2D eigenvalue weighted by Crippen LogP contribution is -2.39. The van der Waals surface area contributed by atoms with E-state index in [4.69, 9.17) is 0 Å². The van der Waals surface area contributed by atoms with Gasteiger partial charge in [0.15, 0.2) is 5.43 Å². The number of para-hydroxylation sites is 2. The summed E-state index contributed by atoms with van der Waals surface area (Å²) in [5.41, 5.74) is 8.15. The first-order valence-electron chi connectivity index (χ1n) is 14.1. The highest BCUT2D eigenvalue weighted by molar-refractivity contribution is 7.99. The van der Waals surface area contributed by atoms with Gasteiger partial charge < -0.3 is 4.90 Å². The van der Waals surface area contributed by atoms with E-state index in [1.165, 1.54) is 32.0 Å². The van der Waals surface area contributed by atoms with Gasteiger partial charge in [-0.2, -0.15) is 0 Å². The van der Waals surface area contributed by atoms with Crippen molar-refractivity contribution in [3.05, 3.63) is 172 Å². The highest BCUT2D eigenvalue weighted by atomic mass is 32.2. The number of fused-ring (bicyclic) bond motifs is 10. The number of nitrogens with zero attached hydrogens (tertiary/aromatic N) is 1. The van der Waals surface area contributed by atoms with Crippen LogP contribution in [-0.4, -0.2) is 0 Å². The van der Waals surface area contributed by atoms with Crippen molar-refractivity contribution in [2.75, 3.05) is 4.90 Å². The lowest BCUT2D eigenvalue weighted by atomic mass is 9.62. The third-order valence-electron chi connectivity index (χ3n) is 8.72. The molecular weight excluding hydrogens is 551 g/mol. The van der Waals surface area contributed by atoms with Crippen LogP contribution >= 0.6 is 23.1 Å². The molecule has 0 amide bonds. The van der Waals surface area contributed by atoms with Gasteiger partial charge in [0.1, 0.15) is 0 Å². The molecular formula is C38H23NOS2. The molecule has 0 radical (unpaired) electrons. The Hall–Kier alpha value is -4.64. The second-order valence-electron chi connectivity index (χ2n) is 10.8. The summed E-state index contributed by atoms with van der Waals surface area (Å²) < 4.78 is 2.01. The highest BCUT2D eigenvalue weighted by Crippen LogP contribution is 2.62. The van der Waals surface area contributed by atoms with Crippen LogP contribution < -0.4 is 10.3 Å². The smallest absolute Gasteiger partial charge is 0.195 e. The average Bonchev–Trinajstić information content (AvgIpc) is 3.05. The topological polar surface area (TPSA) is 20.3 Å². The standard InChI is InChI=1S/C38H23NOS2/c40-37-25-11-1-8-18-33(25)41-36-23-24(21-22-26(36)37)39-31-16-6-2-12-27(31)38(28-13-3-7-17-32(28)39)29-14-4-9-19-34(29)42-35-20-10-5-15-30(35)38/h1-23H. The van der Waals surface area contributed by atoms with Crippen molar-refractivity contribution in [1.82, 2.24) is 0 Å². The molecule has 42 heavy (non-hydrogen) atoms. The van der Waals surface area contributed by atoms with Crippen LogP contribution in [0.2, 0.25) is 0 Å². The average molecular weight is 574 g/mol. The van der Waals surface area contributed by atoms with E-state index in [2.05, 4.69) is 114 Å². The van der Waals surface area contributed by atoms with E-state index >= 15 is 0 Å². The molecule has 0 saturated heterocycles. The van der Waals surface area contributed by atoms with E-state index in [-0.39, 0.29) is 5.43 Å². The summed E-state index contributed by atoms with van der Waals surface area (Å²) in [5.74, 6) is 0. The maximum Gasteiger partial charge on any atom is 0.195 e. The summed E-state index contributed by atoms with van der Waals surface area (Å²) in [4.78, 5) is 18.4. The first-order chi connectivity index (χ1) is 20.7. The molecule has 0 fully saturated rings. The van der Waals surface area contributed by atoms with Gasteiger partial charge in [0, 0.05) is 35.7 Å². The maximum atomic E-state index is 13.4. The van der Waals surface area contributed by atoms with Crippen LogP contribution in [0, 0.1) is 0 Å². The Labute approximate surface area is 251 Å². The third kappa shape index (κ3) is 3.14. The molecule has 0 aliphatic carbocycles. The van der Waals surface area contributed by atoms with Crippen LogP contribution in [-0.2, 0) is 5.41 Å².